The highest BCUT2D eigenvalue weighted by molar-refractivity contribution is 5.15. The van der Waals surface area contributed by atoms with Crippen LogP contribution in [0.15, 0.2) is 11.6 Å². The van der Waals surface area contributed by atoms with Crippen LogP contribution in [0.5, 0.6) is 0 Å². The molecule has 0 aliphatic heterocycles. The Balaban J connectivity index is 1.55. The highest BCUT2D eigenvalue weighted by atomic mass is 16.3. The Morgan fingerprint density at radius 1 is 0.944 bits per heavy atom. The van der Waals surface area contributed by atoms with Crippen molar-refractivity contribution in [2.75, 3.05) is 0 Å². The summed E-state index contributed by atoms with van der Waals surface area (Å²) in [6.07, 6.45) is 14.5. The molecule has 1 nitrogen and oxygen atoms in total. The maximum atomic E-state index is 10.8. The lowest BCUT2D eigenvalue weighted by molar-refractivity contribution is -0.0799. The van der Waals surface area contributed by atoms with Gasteiger partial charge in [-0.2, -0.15) is 0 Å². The van der Waals surface area contributed by atoms with Crippen molar-refractivity contribution in [3.8, 4) is 0 Å². The zero-order valence-electron chi connectivity index (χ0n) is 11.4. The fraction of sp³-hybridized carbons (Fsp3) is 0.882. The van der Waals surface area contributed by atoms with Gasteiger partial charge in [0.15, 0.2) is 0 Å². The van der Waals surface area contributed by atoms with Crippen LogP contribution >= 0.6 is 0 Å². The van der Waals surface area contributed by atoms with Gasteiger partial charge in [0.2, 0.25) is 0 Å². The molecule has 4 bridgehead atoms. The lowest BCUT2D eigenvalue weighted by Gasteiger charge is -2.56. The molecule has 5 rings (SSSR count). The van der Waals surface area contributed by atoms with Crippen LogP contribution in [0.25, 0.3) is 0 Å². The van der Waals surface area contributed by atoms with Gasteiger partial charge in [-0.1, -0.05) is 6.08 Å². The van der Waals surface area contributed by atoms with Crippen molar-refractivity contribution in [3.05, 3.63) is 11.6 Å². The van der Waals surface area contributed by atoms with E-state index in [9.17, 15) is 5.11 Å². The first kappa shape index (κ1) is 11.5. The zero-order chi connectivity index (χ0) is 12.1. The van der Waals surface area contributed by atoms with Crippen LogP contribution < -0.4 is 0 Å². The molecule has 4 saturated carbocycles. The predicted octanol–water partition coefficient (Wildman–Crippen LogP) is 3.92. The second kappa shape index (κ2) is 4.37. The molecular weight excluding hydrogens is 220 g/mol. The van der Waals surface area contributed by atoms with Gasteiger partial charge in [0, 0.05) is 0 Å². The lowest BCUT2D eigenvalue weighted by Crippen LogP contribution is -2.49. The molecule has 0 radical (unpaired) electrons. The molecule has 0 aromatic heterocycles. The van der Waals surface area contributed by atoms with Crippen molar-refractivity contribution >= 4 is 0 Å². The standard InChI is InChI=1S/C17H26O/c18-17(13-4-2-1-3-5-13)16-14-7-11-6-12(9-14)10-15(16)8-11/h4,11-12,14-18H,1-3,5-10H2. The first-order valence-corrected chi connectivity index (χ1v) is 8.18. The number of aliphatic hydroxyl groups is 1. The van der Waals surface area contributed by atoms with Gasteiger partial charge in [0.05, 0.1) is 6.10 Å². The topological polar surface area (TPSA) is 20.2 Å². The Kier molecular flexibility index (Phi) is 2.80. The van der Waals surface area contributed by atoms with Gasteiger partial charge in [-0.25, -0.2) is 0 Å². The minimum Gasteiger partial charge on any atom is -0.388 e. The van der Waals surface area contributed by atoms with Crippen molar-refractivity contribution in [3.63, 3.8) is 0 Å². The van der Waals surface area contributed by atoms with Crippen LogP contribution in [-0.4, -0.2) is 11.2 Å². The normalized spacial score (nSPS) is 48.1. The van der Waals surface area contributed by atoms with Crippen LogP contribution in [0.3, 0.4) is 0 Å². The highest BCUT2D eigenvalue weighted by Gasteiger charge is 2.50. The highest BCUT2D eigenvalue weighted by Crippen LogP contribution is 2.58. The summed E-state index contributed by atoms with van der Waals surface area (Å²) in [5, 5.41) is 10.8. The molecule has 0 aromatic carbocycles. The number of aliphatic hydroxyl groups excluding tert-OH is 1. The third-order valence-corrected chi connectivity index (χ3v) is 6.37. The quantitative estimate of drug-likeness (QED) is 0.732. The second-order valence-corrected chi connectivity index (χ2v) is 7.48. The van der Waals surface area contributed by atoms with Gasteiger partial charge in [-0.3, -0.25) is 0 Å². The first-order chi connectivity index (χ1) is 8.81. The fourth-order valence-corrected chi connectivity index (χ4v) is 5.86. The first-order valence-electron chi connectivity index (χ1n) is 8.18. The van der Waals surface area contributed by atoms with Gasteiger partial charge < -0.3 is 5.11 Å². The van der Waals surface area contributed by atoms with E-state index in [1.165, 1.54) is 63.4 Å². The third-order valence-electron chi connectivity index (χ3n) is 6.37. The molecule has 0 saturated heterocycles. The van der Waals surface area contributed by atoms with Gasteiger partial charge in [-0.05, 0) is 93.0 Å². The summed E-state index contributed by atoms with van der Waals surface area (Å²) in [7, 11) is 0. The van der Waals surface area contributed by atoms with Gasteiger partial charge in [0.25, 0.3) is 0 Å². The smallest absolute Gasteiger partial charge is 0.0783 e. The van der Waals surface area contributed by atoms with E-state index in [2.05, 4.69) is 6.08 Å². The second-order valence-electron chi connectivity index (χ2n) is 7.48. The maximum Gasteiger partial charge on any atom is 0.0783 e. The monoisotopic (exact) mass is 246 g/mol. The van der Waals surface area contributed by atoms with Crippen molar-refractivity contribution in [1.82, 2.24) is 0 Å². The maximum absolute atomic E-state index is 10.8. The van der Waals surface area contributed by atoms with Crippen LogP contribution in [-0.2, 0) is 0 Å². The number of rotatable bonds is 2. The van der Waals surface area contributed by atoms with E-state index >= 15 is 0 Å². The molecule has 100 valence electrons. The van der Waals surface area contributed by atoms with Gasteiger partial charge in [0.1, 0.15) is 0 Å². The zero-order valence-corrected chi connectivity index (χ0v) is 11.4. The van der Waals surface area contributed by atoms with Crippen LogP contribution in [0.4, 0.5) is 0 Å². The van der Waals surface area contributed by atoms with E-state index in [0.717, 1.165) is 23.7 Å². The minimum absolute atomic E-state index is 0.0831. The van der Waals surface area contributed by atoms with Crippen LogP contribution in [0.1, 0.15) is 57.8 Å². The van der Waals surface area contributed by atoms with Crippen LogP contribution in [0.2, 0.25) is 0 Å². The summed E-state index contributed by atoms with van der Waals surface area (Å²) < 4.78 is 0. The van der Waals surface area contributed by atoms with Crippen molar-refractivity contribution in [2.45, 2.75) is 63.9 Å². The number of allylic oxidation sites excluding steroid dienone is 1. The molecule has 1 N–H and O–H groups in total. The van der Waals surface area contributed by atoms with E-state index in [-0.39, 0.29) is 6.10 Å². The number of hydrogen-bond acceptors (Lipinski definition) is 1. The molecule has 1 unspecified atom stereocenters. The van der Waals surface area contributed by atoms with Crippen molar-refractivity contribution in [2.24, 2.45) is 29.6 Å². The van der Waals surface area contributed by atoms with Crippen LogP contribution in [0, 0.1) is 29.6 Å². The molecule has 0 amide bonds. The molecule has 4 fully saturated rings. The molecule has 1 atom stereocenters. The predicted molar refractivity (Wildman–Crippen MR) is 73.1 cm³/mol. The Bertz CT molecular complexity index is 329. The molecule has 0 aromatic rings. The molecule has 5 aliphatic rings. The summed E-state index contributed by atoms with van der Waals surface area (Å²) in [6.45, 7) is 0. The summed E-state index contributed by atoms with van der Waals surface area (Å²) in [5.74, 6) is 4.40. The molecule has 0 heterocycles. The van der Waals surface area contributed by atoms with Crippen molar-refractivity contribution in [1.29, 1.82) is 0 Å². The van der Waals surface area contributed by atoms with E-state index in [4.69, 9.17) is 0 Å². The molecular formula is C17H26O. The average molecular weight is 246 g/mol. The van der Waals surface area contributed by atoms with Gasteiger partial charge in [-0.15, -0.1) is 0 Å². The minimum atomic E-state index is -0.0831. The Hall–Kier alpha value is -0.300. The summed E-state index contributed by atoms with van der Waals surface area (Å²) in [5.41, 5.74) is 1.40. The molecule has 5 aliphatic carbocycles. The molecule has 0 spiro atoms. The van der Waals surface area contributed by atoms with Gasteiger partial charge >= 0.3 is 0 Å². The largest absolute Gasteiger partial charge is 0.388 e. The Labute approximate surface area is 111 Å². The average Bonchev–Trinajstić information content (AvgIpc) is 2.38. The van der Waals surface area contributed by atoms with E-state index in [0.29, 0.717) is 5.92 Å². The summed E-state index contributed by atoms with van der Waals surface area (Å²) >= 11 is 0. The number of hydrogen-bond donors (Lipinski definition) is 1. The lowest BCUT2D eigenvalue weighted by atomic mass is 9.50. The Morgan fingerprint density at radius 2 is 1.61 bits per heavy atom. The summed E-state index contributed by atoms with van der Waals surface area (Å²) in [6, 6.07) is 0. The molecule has 18 heavy (non-hydrogen) atoms. The third kappa shape index (κ3) is 1.78. The Morgan fingerprint density at radius 3 is 2.17 bits per heavy atom. The summed E-state index contributed by atoms with van der Waals surface area (Å²) in [4.78, 5) is 0. The SMILES string of the molecule is OC(C1=CCCCC1)C1C2CC3CC(C2)CC1C3. The van der Waals surface area contributed by atoms with E-state index in [1.54, 1.807) is 0 Å². The van der Waals surface area contributed by atoms with E-state index < -0.39 is 0 Å². The van der Waals surface area contributed by atoms with E-state index in [1.807, 2.05) is 0 Å². The fourth-order valence-electron chi connectivity index (χ4n) is 5.86. The van der Waals surface area contributed by atoms with Crippen molar-refractivity contribution < 1.29 is 5.11 Å². The molecule has 1 heteroatoms.